The zero-order chi connectivity index (χ0) is 19.4. The van der Waals surface area contributed by atoms with Crippen molar-refractivity contribution in [3.05, 3.63) is 59.4 Å². The third-order valence-electron chi connectivity index (χ3n) is 5.18. The number of pyridine rings is 1. The van der Waals surface area contributed by atoms with E-state index in [1.54, 1.807) is 13.3 Å². The molecule has 1 aliphatic rings. The average Bonchev–Trinajstić information content (AvgIpc) is 3.09. The zero-order valence-electron chi connectivity index (χ0n) is 14.7. The molecule has 2 aromatic heterocycles. The summed E-state index contributed by atoms with van der Waals surface area (Å²) in [7, 11) is 0. The molecule has 0 fully saturated rings. The maximum Gasteiger partial charge on any atom is 0.421 e. The van der Waals surface area contributed by atoms with Crippen LogP contribution in [0.5, 0.6) is 0 Å². The Bertz CT molecular complexity index is 1020. The van der Waals surface area contributed by atoms with Gasteiger partial charge in [0.15, 0.2) is 5.60 Å². The van der Waals surface area contributed by atoms with E-state index < -0.39 is 11.8 Å². The molecule has 4 rings (SSSR count). The van der Waals surface area contributed by atoms with Gasteiger partial charge in [0.05, 0.1) is 5.69 Å². The molecule has 3 heterocycles. The minimum absolute atomic E-state index is 0.244. The molecule has 1 aliphatic heterocycles. The van der Waals surface area contributed by atoms with Crippen molar-refractivity contribution in [3.63, 3.8) is 0 Å². The first-order valence-electron chi connectivity index (χ1n) is 8.47. The number of fused-ring (bicyclic) bond motifs is 3. The smallest absolute Gasteiger partial charge is 0.376 e. The van der Waals surface area contributed by atoms with E-state index in [-0.39, 0.29) is 5.56 Å². The average molecular weight is 374 g/mol. The highest BCUT2D eigenvalue weighted by atomic mass is 19.4. The molecule has 0 saturated heterocycles. The summed E-state index contributed by atoms with van der Waals surface area (Å²) in [4.78, 5) is 3.96. The Morgan fingerprint density at radius 1 is 1.15 bits per heavy atom. The standard InChI is InChI=1S/C19H17F3N4O/c1-11-14(8-23-9-15(11)18(2,27)19(20,21)22)12-3-5-16-13(7-12)4-6-17-25-24-10-26(16)17/h3,5,7-10,27H,4,6H2,1-2H3/t18-/m0/s1. The van der Waals surface area contributed by atoms with Crippen LogP contribution in [0.4, 0.5) is 13.2 Å². The summed E-state index contributed by atoms with van der Waals surface area (Å²) in [6, 6.07) is 5.70. The van der Waals surface area contributed by atoms with E-state index in [1.807, 2.05) is 22.8 Å². The van der Waals surface area contributed by atoms with Gasteiger partial charge in [0, 0.05) is 29.9 Å². The van der Waals surface area contributed by atoms with Gasteiger partial charge in [-0.3, -0.25) is 9.55 Å². The van der Waals surface area contributed by atoms with Crippen LogP contribution in [0.25, 0.3) is 16.8 Å². The molecule has 0 unspecified atom stereocenters. The number of aliphatic hydroxyl groups is 1. The summed E-state index contributed by atoms with van der Waals surface area (Å²) in [6.45, 7) is 2.32. The van der Waals surface area contributed by atoms with E-state index in [0.717, 1.165) is 48.6 Å². The number of rotatable bonds is 2. The highest BCUT2D eigenvalue weighted by Crippen LogP contribution is 2.41. The number of benzene rings is 1. The molecule has 0 radical (unpaired) electrons. The molecule has 0 saturated carbocycles. The van der Waals surface area contributed by atoms with Gasteiger partial charge in [0.2, 0.25) is 0 Å². The number of halogens is 3. The molecule has 27 heavy (non-hydrogen) atoms. The Hall–Kier alpha value is -2.74. The van der Waals surface area contributed by atoms with Crippen LogP contribution >= 0.6 is 0 Å². The largest absolute Gasteiger partial charge is 0.421 e. The van der Waals surface area contributed by atoms with Crippen LogP contribution in [0.15, 0.2) is 36.9 Å². The number of hydrogen-bond donors (Lipinski definition) is 1. The minimum Gasteiger partial charge on any atom is -0.376 e. The van der Waals surface area contributed by atoms with Crippen molar-refractivity contribution < 1.29 is 18.3 Å². The molecule has 8 heteroatoms. The summed E-state index contributed by atoms with van der Waals surface area (Å²) >= 11 is 0. The Morgan fingerprint density at radius 3 is 2.67 bits per heavy atom. The molecule has 140 valence electrons. The van der Waals surface area contributed by atoms with E-state index in [2.05, 4.69) is 15.2 Å². The van der Waals surface area contributed by atoms with Crippen molar-refractivity contribution in [2.24, 2.45) is 0 Å². The minimum atomic E-state index is -4.79. The Labute approximate surface area is 153 Å². The number of aromatic nitrogens is 4. The summed E-state index contributed by atoms with van der Waals surface area (Å²) in [5.41, 5.74) is 0.496. The van der Waals surface area contributed by atoms with Gasteiger partial charge in [-0.25, -0.2) is 0 Å². The van der Waals surface area contributed by atoms with Gasteiger partial charge < -0.3 is 5.11 Å². The highest BCUT2D eigenvalue weighted by Gasteiger charge is 2.52. The first-order chi connectivity index (χ1) is 12.7. The molecular formula is C19H17F3N4O. The molecular weight excluding hydrogens is 357 g/mol. The van der Waals surface area contributed by atoms with E-state index in [4.69, 9.17) is 0 Å². The second kappa shape index (κ2) is 5.88. The monoisotopic (exact) mass is 374 g/mol. The van der Waals surface area contributed by atoms with Gasteiger partial charge in [0.25, 0.3) is 0 Å². The third kappa shape index (κ3) is 2.71. The number of aryl methyl sites for hydroxylation is 2. The van der Waals surface area contributed by atoms with Gasteiger partial charge >= 0.3 is 6.18 Å². The molecule has 0 amide bonds. The van der Waals surface area contributed by atoms with Crippen molar-refractivity contribution in [2.75, 3.05) is 0 Å². The molecule has 0 bridgehead atoms. The van der Waals surface area contributed by atoms with Crippen LogP contribution in [0.1, 0.15) is 29.4 Å². The first-order valence-corrected chi connectivity index (χ1v) is 8.47. The zero-order valence-corrected chi connectivity index (χ0v) is 14.7. The van der Waals surface area contributed by atoms with E-state index in [1.165, 1.54) is 6.20 Å². The normalized spacial score (nSPS) is 15.8. The van der Waals surface area contributed by atoms with E-state index in [9.17, 15) is 18.3 Å². The van der Waals surface area contributed by atoms with Gasteiger partial charge in [-0.1, -0.05) is 6.07 Å². The third-order valence-corrected chi connectivity index (χ3v) is 5.18. The predicted molar refractivity (Wildman–Crippen MR) is 92.4 cm³/mol. The van der Waals surface area contributed by atoms with Gasteiger partial charge in [-0.15, -0.1) is 10.2 Å². The molecule has 0 spiro atoms. The van der Waals surface area contributed by atoms with Crippen molar-refractivity contribution >= 4 is 0 Å². The highest BCUT2D eigenvalue weighted by molar-refractivity contribution is 5.70. The van der Waals surface area contributed by atoms with Crippen molar-refractivity contribution in [1.29, 1.82) is 0 Å². The lowest BCUT2D eigenvalue weighted by Gasteiger charge is -2.28. The Kier molecular flexibility index (Phi) is 3.85. The second-order valence-electron chi connectivity index (χ2n) is 6.89. The molecule has 0 aliphatic carbocycles. The fraction of sp³-hybridized carbons (Fsp3) is 0.316. The fourth-order valence-electron chi connectivity index (χ4n) is 3.53. The van der Waals surface area contributed by atoms with Crippen LogP contribution in [0.2, 0.25) is 0 Å². The fourth-order valence-corrected chi connectivity index (χ4v) is 3.53. The quantitative estimate of drug-likeness (QED) is 0.746. The SMILES string of the molecule is Cc1c(-c2ccc3c(c2)CCc2nncn2-3)cncc1[C@](C)(O)C(F)(F)F. The van der Waals surface area contributed by atoms with Gasteiger partial charge in [-0.2, -0.15) is 13.2 Å². The summed E-state index contributed by atoms with van der Waals surface area (Å²) in [5.74, 6) is 0.885. The van der Waals surface area contributed by atoms with Crippen molar-refractivity contribution in [1.82, 2.24) is 19.7 Å². The number of alkyl halides is 3. The lowest BCUT2D eigenvalue weighted by atomic mass is 9.88. The molecule has 1 aromatic carbocycles. The molecule has 1 atom stereocenters. The first kappa shape index (κ1) is 17.7. The number of nitrogens with zero attached hydrogens (tertiary/aromatic N) is 4. The predicted octanol–water partition coefficient (Wildman–Crippen LogP) is 3.51. The second-order valence-corrected chi connectivity index (χ2v) is 6.89. The Morgan fingerprint density at radius 2 is 1.93 bits per heavy atom. The van der Waals surface area contributed by atoms with E-state index in [0.29, 0.717) is 11.1 Å². The summed E-state index contributed by atoms with van der Waals surface area (Å²) < 4.78 is 41.7. The van der Waals surface area contributed by atoms with Crippen molar-refractivity contribution in [2.45, 2.75) is 38.5 Å². The lowest BCUT2D eigenvalue weighted by molar-refractivity contribution is -0.259. The topological polar surface area (TPSA) is 63.8 Å². The maximum absolute atomic E-state index is 13.3. The van der Waals surface area contributed by atoms with Gasteiger partial charge in [-0.05, 0) is 49.1 Å². The molecule has 1 N–H and O–H groups in total. The van der Waals surface area contributed by atoms with Crippen molar-refractivity contribution in [3.8, 4) is 16.8 Å². The summed E-state index contributed by atoms with van der Waals surface area (Å²) in [6.07, 6.45) is 0.985. The lowest BCUT2D eigenvalue weighted by Crippen LogP contribution is -2.40. The van der Waals surface area contributed by atoms with Crippen LogP contribution < -0.4 is 0 Å². The van der Waals surface area contributed by atoms with Crippen LogP contribution in [0, 0.1) is 6.92 Å². The van der Waals surface area contributed by atoms with Crippen LogP contribution in [-0.4, -0.2) is 31.0 Å². The van der Waals surface area contributed by atoms with Crippen LogP contribution in [0.3, 0.4) is 0 Å². The molecule has 5 nitrogen and oxygen atoms in total. The molecule has 3 aromatic rings. The van der Waals surface area contributed by atoms with Gasteiger partial charge in [0.1, 0.15) is 12.2 Å². The van der Waals surface area contributed by atoms with Crippen LogP contribution in [-0.2, 0) is 18.4 Å². The van der Waals surface area contributed by atoms with E-state index >= 15 is 0 Å². The summed E-state index contributed by atoms with van der Waals surface area (Å²) in [5, 5.41) is 18.1. The maximum atomic E-state index is 13.3. The Balaban J connectivity index is 1.81. The number of hydrogen-bond acceptors (Lipinski definition) is 4.